The van der Waals surface area contributed by atoms with Gasteiger partial charge in [0.2, 0.25) is 0 Å². The average molecular weight is 301 g/mol. The quantitative estimate of drug-likeness (QED) is 0.913. The van der Waals surface area contributed by atoms with Gasteiger partial charge in [0.1, 0.15) is 0 Å². The largest absolute Gasteiger partial charge is 0.416 e. The van der Waals surface area contributed by atoms with Crippen molar-refractivity contribution < 1.29 is 22.8 Å². The Bertz CT molecular complexity index is 560. The van der Waals surface area contributed by atoms with Crippen LogP contribution in [0.15, 0.2) is 24.3 Å². The van der Waals surface area contributed by atoms with Crippen LogP contribution in [0.1, 0.15) is 12.5 Å². The third-order valence-electron chi connectivity index (χ3n) is 3.07. The van der Waals surface area contributed by atoms with Crippen LogP contribution in [0.4, 0.5) is 28.4 Å². The molecule has 0 radical (unpaired) electrons. The second-order valence-electron chi connectivity index (χ2n) is 4.47. The minimum atomic E-state index is -4.47. The van der Waals surface area contributed by atoms with Crippen molar-refractivity contribution in [2.75, 3.05) is 24.5 Å². The molecule has 4 amide bonds. The van der Waals surface area contributed by atoms with Crippen molar-refractivity contribution in [3.63, 3.8) is 0 Å². The molecule has 1 aromatic carbocycles. The topological polar surface area (TPSA) is 52.7 Å². The van der Waals surface area contributed by atoms with E-state index in [1.165, 1.54) is 12.1 Å². The second-order valence-corrected chi connectivity index (χ2v) is 4.47. The lowest BCUT2D eigenvalue weighted by atomic mass is 10.2. The van der Waals surface area contributed by atoms with Gasteiger partial charge in [-0.15, -0.1) is 0 Å². The number of nitrogens with one attached hydrogen (secondary N) is 1. The van der Waals surface area contributed by atoms with Crippen LogP contribution in [0.3, 0.4) is 0 Å². The second kappa shape index (κ2) is 5.63. The molecule has 1 saturated heterocycles. The Labute approximate surface area is 119 Å². The molecule has 1 aliphatic heterocycles. The van der Waals surface area contributed by atoms with Crippen LogP contribution >= 0.6 is 0 Å². The number of nitrogens with zero attached hydrogens (tertiary/aromatic N) is 2. The number of hydrogen-bond donors (Lipinski definition) is 1. The van der Waals surface area contributed by atoms with E-state index in [-0.39, 0.29) is 18.8 Å². The lowest BCUT2D eigenvalue weighted by molar-refractivity contribution is -0.137. The van der Waals surface area contributed by atoms with Crippen molar-refractivity contribution in [3.8, 4) is 0 Å². The summed E-state index contributed by atoms with van der Waals surface area (Å²) in [6.07, 6.45) is -4.47. The summed E-state index contributed by atoms with van der Waals surface area (Å²) in [6, 6.07) is 3.32. The third kappa shape index (κ3) is 3.09. The number of amides is 4. The van der Waals surface area contributed by atoms with Crippen LogP contribution in [0.5, 0.6) is 0 Å². The highest BCUT2D eigenvalue weighted by Crippen LogP contribution is 2.32. The Balaban J connectivity index is 2.21. The summed E-state index contributed by atoms with van der Waals surface area (Å²) in [6.45, 7) is 2.38. The molecule has 1 aromatic rings. The van der Waals surface area contributed by atoms with E-state index in [1.54, 1.807) is 6.92 Å². The van der Waals surface area contributed by atoms with Gasteiger partial charge in [0.25, 0.3) is 0 Å². The van der Waals surface area contributed by atoms with Gasteiger partial charge in [-0.2, -0.15) is 13.2 Å². The van der Waals surface area contributed by atoms with Gasteiger partial charge in [-0.1, -0.05) is 6.07 Å². The first kappa shape index (κ1) is 15.1. The number of imide groups is 1. The van der Waals surface area contributed by atoms with E-state index < -0.39 is 23.8 Å². The minimum Gasteiger partial charge on any atom is -0.338 e. The molecule has 1 fully saturated rings. The Kier molecular flexibility index (Phi) is 4.06. The first-order valence-electron chi connectivity index (χ1n) is 6.38. The molecule has 1 heterocycles. The zero-order valence-electron chi connectivity index (χ0n) is 11.3. The number of carbonyl (C=O) groups excluding carboxylic acids is 2. The maximum absolute atomic E-state index is 12.7. The molecule has 0 atom stereocenters. The van der Waals surface area contributed by atoms with Crippen LogP contribution < -0.4 is 10.2 Å². The lowest BCUT2D eigenvalue weighted by Crippen LogP contribution is -2.42. The van der Waals surface area contributed by atoms with E-state index in [0.717, 1.165) is 21.9 Å². The molecule has 1 N–H and O–H groups in total. The van der Waals surface area contributed by atoms with Gasteiger partial charge in [-0.05, 0) is 25.1 Å². The van der Waals surface area contributed by atoms with Crippen molar-refractivity contribution in [1.29, 1.82) is 0 Å². The van der Waals surface area contributed by atoms with E-state index in [1.807, 2.05) is 0 Å². The molecular weight excluding hydrogens is 287 g/mol. The Hall–Kier alpha value is -2.25. The molecule has 1 aliphatic rings. The zero-order chi connectivity index (χ0) is 15.6. The van der Waals surface area contributed by atoms with E-state index in [0.29, 0.717) is 6.54 Å². The van der Waals surface area contributed by atoms with Crippen molar-refractivity contribution in [2.24, 2.45) is 0 Å². The molecule has 5 nitrogen and oxygen atoms in total. The Morgan fingerprint density at radius 3 is 2.67 bits per heavy atom. The minimum absolute atomic E-state index is 0.127. The van der Waals surface area contributed by atoms with E-state index >= 15 is 0 Å². The highest BCUT2D eigenvalue weighted by Gasteiger charge is 2.35. The maximum atomic E-state index is 12.7. The zero-order valence-corrected chi connectivity index (χ0v) is 11.3. The number of rotatable bonds is 2. The van der Waals surface area contributed by atoms with Gasteiger partial charge in [0.05, 0.1) is 12.1 Å². The van der Waals surface area contributed by atoms with Crippen molar-refractivity contribution >= 4 is 17.7 Å². The summed E-state index contributed by atoms with van der Waals surface area (Å²) in [4.78, 5) is 25.9. The van der Waals surface area contributed by atoms with Crippen molar-refractivity contribution in [3.05, 3.63) is 29.8 Å². The van der Waals surface area contributed by atoms with Gasteiger partial charge >= 0.3 is 18.2 Å². The van der Waals surface area contributed by atoms with Crippen molar-refractivity contribution in [2.45, 2.75) is 13.1 Å². The van der Waals surface area contributed by atoms with E-state index in [9.17, 15) is 22.8 Å². The number of anilines is 1. The predicted octanol–water partition coefficient (Wildman–Crippen LogP) is 2.68. The van der Waals surface area contributed by atoms with Gasteiger partial charge in [-0.3, -0.25) is 4.90 Å². The molecule has 21 heavy (non-hydrogen) atoms. The molecule has 114 valence electrons. The highest BCUT2D eigenvalue weighted by molar-refractivity contribution is 6.04. The fourth-order valence-corrected chi connectivity index (χ4v) is 2.06. The summed E-state index contributed by atoms with van der Waals surface area (Å²) < 4.78 is 38.0. The van der Waals surface area contributed by atoms with Gasteiger partial charge in [-0.25, -0.2) is 14.5 Å². The van der Waals surface area contributed by atoms with E-state index in [4.69, 9.17) is 0 Å². The number of urea groups is 2. The molecule has 0 aliphatic carbocycles. The Morgan fingerprint density at radius 1 is 1.33 bits per heavy atom. The number of hydrogen-bond acceptors (Lipinski definition) is 2. The number of carbonyl (C=O) groups is 2. The average Bonchev–Trinajstić information content (AvgIpc) is 2.80. The fraction of sp³-hybridized carbons (Fsp3) is 0.385. The SMILES string of the molecule is CCNC(=O)N1CCN(c2cccc(C(F)(F)F)c2)C1=O. The van der Waals surface area contributed by atoms with Gasteiger partial charge < -0.3 is 5.32 Å². The summed E-state index contributed by atoms with van der Waals surface area (Å²) in [5.74, 6) is 0. The molecule has 0 unspecified atom stereocenters. The summed E-state index contributed by atoms with van der Waals surface area (Å²) >= 11 is 0. The molecule has 0 aromatic heterocycles. The molecule has 8 heteroatoms. The summed E-state index contributed by atoms with van der Waals surface area (Å²) in [5, 5.41) is 2.49. The van der Waals surface area contributed by atoms with Crippen molar-refractivity contribution in [1.82, 2.24) is 10.2 Å². The first-order chi connectivity index (χ1) is 9.84. The van der Waals surface area contributed by atoms with Crippen LogP contribution in [-0.2, 0) is 6.18 Å². The first-order valence-corrected chi connectivity index (χ1v) is 6.38. The van der Waals surface area contributed by atoms with Crippen LogP contribution in [0.25, 0.3) is 0 Å². The molecule has 0 spiro atoms. The molecule has 0 saturated carbocycles. The van der Waals surface area contributed by atoms with Crippen LogP contribution in [0.2, 0.25) is 0 Å². The number of benzene rings is 1. The normalized spacial score (nSPS) is 15.5. The summed E-state index contributed by atoms with van der Waals surface area (Å²) in [5.41, 5.74) is -0.703. The third-order valence-corrected chi connectivity index (χ3v) is 3.07. The van der Waals surface area contributed by atoms with Gasteiger partial charge in [0, 0.05) is 18.8 Å². The summed E-state index contributed by atoms with van der Waals surface area (Å²) in [7, 11) is 0. The monoisotopic (exact) mass is 301 g/mol. The molecular formula is C13H14F3N3O2. The Morgan fingerprint density at radius 2 is 2.05 bits per heavy atom. The predicted molar refractivity (Wildman–Crippen MR) is 70.0 cm³/mol. The van der Waals surface area contributed by atoms with Crippen LogP contribution in [-0.4, -0.2) is 36.6 Å². The lowest BCUT2D eigenvalue weighted by Gasteiger charge is -2.18. The van der Waals surface area contributed by atoms with E-state index in [2.05, 4.69) is 5.32 Å². The van der Waals surface area contributed by atoms with Crippen LogP contribution in [0, 0.1) is 0 Å². The highest BCUT2D eigenvalue weighted by atomic mass is 19.4. The smallest absolute Gasteiger partial charge is 0.338 e. The van der Waals surface area contributed by atoms with Gasteiger partial charge in [0.15, 0.2) is 0 Å². The standard InChI is InChI=1S/C13H14F3N3O2/c1-2-17-11(20)19-7-6-18(12(19)21)10-5-3-4-9(8-10)13(14,15)16/h3-5,8H,2,6-7H2,1H3,(H,17,20). The fourth-order valence-electron chi connectivity index (χ4n) is 2.06. The molecule has 2 rings (SSSR count). The number of halogens is 3. The maximum Gasteiger partial charge on any atom is 0.416 e. The number of alkyl halides is 3. The molecule has 0 bridgehead atoms.